The van der Waals surface area contributed by atoms with Gasteiger partial charge in [0, 0.05) is 30.6 Å². The van der Waals surface area contributed by atoms with Crippen LogP contribution in [0, 0.1) is 11.7 Å². The number of rotatable bonds is 4. The van der Waals surface area contributed by atoms with E-state index >= 15 is 0 Å². The summed E-state index contributed by atoms with van der Waals surface area (Å²) in [6, 6.07) is 4.36. The Bertz CT molecular complexity index is 949. The number of pyridine rings is 1. The number of aromatic carboxylic acids is 1. The Balaban J connectivity index is 1.86. The number of carboxylic acids is 1. The second-order valence-electron chi connectivity index (χ2n) is 7.49. The first kappa shape index (κ1) is 17.0. The van der Waals surface area contributed by atoms with E-state index in [-0.39, 0.29) is 17.6 Å². The molecular weight excluding hydrogens is 337 g/mol. The van der Waals surface area contributed by atoms with Crippen LogP contribution in [0.4, 0.5) is 10.1 Å². The van der Waals surface area contributed by atoms with Crippen LogP contribution in [0.3, 0.4) is 0 Å². The number of fused-ring (bicyclic) bond motifs is 1. The molecule has 2 aromatic rings. The van der Waals surface area contributed by atoms with Gasteiger partial charge in [-0.25, -0.2) is 9.18 Å². The molecule has 0 bridgehead atoms. The van der Waals surface area contributed by atoms with Crippen LogP contribution in [-0.2, 0) is 0 Å². The van der Waals surface area contributed by atoms with Crippen LogP contribution in [0.15, 0.2) is 23.0 Å². The second kappa shape index (κ2) is 6.09. The minimum absolute atomic E-state index is 0.00185. The first-order valence-electron chi connectivity index (χ1n) is 8.99. The summed E-state index contributed by atoms with van der Waals surface area (Å²) in [6.07, 6.45) is 2.57. The largest absolute Gasteiger partial charge is 0.477 e. The van der Waals surface area contributed by atoms with Crippen molar-refractivity contribution in [3.63, 3.8) is 0 Å². The van der Waals surface area contributed by atoms with E-state index in [9.17, 15) is 19.1 Å². The molecule has 4 rings (SSSR count). The van der Waals surface area contributed by atoms with Crippen LogP contribution in [0.2, 0.25) is 0 Å². The quantitative estimate of drug-likeness (QED) is 0.875. The summed E-state index contributed by atoms with van der Waals surface area (Å²) >= 11 is 0. The van der Waals surface area contributed by atoms with Gasteiger partial charge in [-0.1, -0.05) is 0 Å². The average molecular weight is 359 g/mol. The third kappa shape index (κ3) is 2.76. The standard InChI is InChI=1S/C19H22FN3O3/c1-10(21)11-4-5-22(9-11)17-8-16-12(7-15(17)20)6-14(19(25)26)18(24)23(16)13-2-3-13/h6-8,10-11,13H,2-5,9,21H2,1H3,(H,25,26)/t10-,11?/m0/s1. The van der Waals surface area contributed by atoms with Gasteiger partial charge in [0.25, 0.3) is 5.56 Å². The van der Waals surface area contributed by atoms with Gasteiger partial charge in [0.15, 0.2) is 0 Å². The molecule has 1 aliphatic carbocycles. The van der Waals surface area contributed by atoms with E-state index in [0.29, 0.717) is 29.1 Å². The van der Waals surface area contributed by atoms with Crippen molar-refractivity contribution in [1.29, 1.82) is 0 Å². The highest BCUT2D eigenvalue weighted by atomic mass is 19.1. The van der Waals surface area contributed by atoms with Crippen molar-refractivity contribution in [2.24, 2.45) is 11.7 Å². The summed E-state index contributed by atoms with van der Waals surface area (Å²) in [5.74, 6) is -1.37. The number of halogens is 1. The number of nitrogens with zero attached hydrogens (tertiary/aromatic N) is 2. The Morgan fingerprint density at radius 2 is 2.04 bits per heavy atom. The minimum atomic E-state index is -1.28. The molecule has 138 valence electrons. The highest BCUT2D eigenvalue weighted by Gasteiger charge is 2.31. The van der Waals surface area contributed by atoms with E-state index in [2.05, 4.69) is 0 Å². The van der Waals surface area contributed by atoms with Gasteiger partial charge in [0.05, 0.1) is 11.2 Å². The lowest BCUT2D eigenvalue weighted by Crippen LogP contribution is -2.30. The van der Waals surface area contributed by atoms with Crippen LogP contribution in [-0.4, -0.2) is 34.8 Å². The molecule has 0 radical (unpaired) electrons. The zero-order chi connectivity index (χ0) is 18.6. The molecule has 1 aromatic heterocycles. The number of carboxylic acid groups (broad SMARTS) is 1. The van der Waals surface area contributed by atoms with Crippen molar-refractivity contribution in [3.8, 4) is 0 Å². The van der Waals surface area contributed by atoms with E-state index in [1.54, 1.807) is 6.07 Å². The lowest BCUT2D eigenvalue weighted by Gasteiger charge is -2.22. The fourth-order valence-corrected chi connectivity index (χ4v) is 3.87. The van der Waals surface area contributed by atoms with E-state index < -0.39 is 17.3 Å². The normalized spacial score (nSPS) is 21.3. The summed E-state index contributed by atoms with van der Waals surface area (Å²) in [4.78, 5) is 26.0. The van der Waals surface area contributed by atoms with Crippen molar-refractivity contribution in [3.05, 3.63) is 39.9 Å². The van der Waals surface area contributed by atoms with Gasteiger partial charge >= 0.3 is 5.97 Å². The fourth-order valence-electron chi connectivity index (χ4n) is 3.87. The molecule has 2 aliphatic rings. The molecule has 26 heavy (non-hydrogen) atoms. The van der Waals surface area contributed by atoms with Gasteiger partial charge in [0.2, 0.25) is 0 Å². The van der Waals surface area contributed by atoms with Crippen LogP contribution in [0.25, 0.3) is 10.9 Å². The van der Waals surface area contributed by atoms with Gasteiger partial charge < -0.3 is 20.3 Å². The number of benzene rings is 1. The molecule has 1 aromatic carbocycles. The summed E-state index contributed by atoms with van der Waals surface area (Å²) < 4.78 is 16.3. The van der Waals surface area contributed by atoms with Crippen molar-refractivity contribution >= 4 is 22.6 Å². The van der Waals surface area contributed by atoms with Crippen LogP contribution < -0.4 is 16.2 Å². The molecule has 6 nitrogen and oxygen atoms in total. The third-order valence-electron chi connectivity index (χ3n) is 5.56. The maximum absolute atomic E-state index is 14.8. The first-order valence-corrected chi connectivity index (χ1v) is 8.99. The van der Waals surface area contributed by atoms with Gasteiger partial charge in [-0.15, -0.1) is 0 Å². The van der Waals surface area contributed by atoms with E-state index in [4.69, 9.17) is 5.73 Å². The molecule has 2 fully saturated rings. The fraction of sp³-hybridized carbons (Fsp3) is 0.474. The molecule has 1 saturated heterocycles. The van der Waals surface area contributed by atoms with Crippen LogP contribution in [0.5, 0.6) is 0 Å². The van der Waals surface area contributed by atoms with Crippen molar-refractivity contribution in [2.75, 3.05) is 18.0 Å². The Hall–Kier alpha value is -2.41. The molecule has 1 saturated carbocycles. The summed E-state index contributed by atoms with van der Waals surface area (Å²) in [5, 5.41) is 9.74. The highest BCUT2D eigenvalue weighted by molar-refractivity contribution is 5.93. The summed E-state index contributed by atoms with van der Waals surface area (Å²) in [5.41, 5.74) is 6.21. The molecule has 2 atom stereocenters. The Kier molecular flexibility index (Phi) is 3.99. The summed E-state index contributed by atoms with van der Waals surface area (Å²) in [6.45, 7) is 3.36. The van der Waals surface area contributed by atoms with Crippen molar-refractivity contribution in [1.82, 2.24) is 4.57 Å². The Morgan fingerprint density at radius 1 is 1.31 bits per heavy atom. The van der Waals surface area contributed by atoms with Crippen LogP contribution in [0.1, 0.15) is 42.6 Å². The molecule has 2 heterocycles. The van der Waals surface area contributed by atoms with Crippen LogP contribution >= 0.6 is 0 Å². The van der Waals surface area contributed by atoms with Gasteiger partial charge in [0.1, 0.15) is 11.4 Å². The number of hydrogen-bond acceptors (Lipinski definition) is 4. The predicted molar refractivity (Wildman–Crippen MR) is 97.4 cm³/mol. The van der Waals surface area contributed by atoms with E-state index in [0.717, 1.165) is 25.8 Å². The average Bonchev–Trinajstić information content (AvgIpc) is 3.28. The maximum atomic E-state index is 14.8. The molecular formula is C19H22FN3O3. The highest BCUT2D eigenvalue weighted by Crippen LogP contribution is 2.38. The van der Waals surface area contributed by atoms with E-state index in [1.165, 1.54) is 16.7 Å². The molecule has 1 unspecified atom stereocenters. The predicted octanol–water partition coefficient (Wildman–Crippen LogP) is 2.35. The lowest BCUT2D eigenvalue weighted by molar-refractivity contribution is 0.0694. The zero-order valence-electron chi connectivity index (χ0n) is 14.6. The molecule has 7 heteroatoms. The topological polar surface area (TPSA) is 88.6 Å². The SMILES string of the molecule is C[C@H](N)C1CCN(c2cc3c(cc2F)cc(C(=O)O)c(=O)n3C2CC2)C1. The van der Waals surface area contributed by atoms with Gasteiger partial charge in [-0.05, 0) is 50.3 Å². The number of hydrogen-bond donors (Lipinski definition) is 2. The second-order valence-corrected chi connectivity index (χ2v) is 7.49. The van der Waals surface area contributed by atoms with Crippen molar-refractivity contribution < 1.29 is 14.3 Å². The number of nitrogens with two attached hydrogens (primary N) is 1. The number of anilines is 1. The Labute approximate surface area is 150 Å². The number of carbonyl (C=O) groups is 1. The molecule has 1 aliphatic heterocycles. The third-order valence-corrected chi connectivity index (χ3v) is 5.56. The Morgan fingerprint density at radius 3 is 2.62 bits per heavy atom. The monoisotopic (exact) mass is 359 g/mol. The molecule has 0 amide bonds. The summed E-state index contributed by atoms with van der Waals surface area (Å²) in [7, 11) is 0. The maximum Gasteiger partial charge on any atom is 0.341 e. The molecule has 3 N–H and O–H groups in total. The van der Waals surface area contributed by atoms with Gasteiger partial charge in [-0.3, -0.25) is 4.79 Å². The zero-order valence-corrected chi connectivity index (χ0v) is 14.6. The van der Waals surface area contributed by atoms with Crippen molar-refractivity contribution in [2.45, 2.75) is 38.3 Å². The first-order chi connectivity index (χ1) is 12.4. The molecule has 0 spiro atoms. The number of aromatic nitrogens is 1. The smallest absolute Gasteiger partial charge is 0.341 e. The van der Waals surface area contributed by atoms with E-state index in [1.807, 2.05) is 11.8 Å². The van der Waals surface area contributed by atoms with Gasteiger partial charge in [-0.2, -0.15) is 0 Å². The minimum Gasteiger partial charge on any atom is -0.477 e. The lowest BCUT2D eigenvalue weighted by atomic mass is 10.0.